The van der Waals surface area contributed by atoms with E-state index < -0.39 is 0 Å². The summed E-state index contributed by atoms with van der Waals surface area (Å²) in [5, 5.41) is 16.7. The third-order valence-electron chi connectivity index (χ3n) is 3.44. The van der Waals surface area contributed by atoms with Crippen molar-refractivity contribution in [2.75, 3.05) is 0 Å². The normalized spacial score (nSPS) is 11.0. The molecule has 114 valence electrons. The lowest BCUT2D eigenvalue weighted by Gasteiger charge is -2.01. The molecule has 0 radical (unpaired) electrons. The second-order valence-corrected chi connectivity index (χ2v) is 5.81. The molecule has 8 heteroatoms. The van der Waals surface area contributed by atoms with Gasteiger partial charge >= 0.3 is 0 Å². The van der Waals surface area contributed by atoms with Gasteiger partial charge in [-0.05, 0) is 31.2 Å². The quantitative estimate of drug-likeness (QED) is 0.604. The maximum Gasteiger partial charge on any atom is 0.174 e. The van der Waals surface area contributed by atoms with Gasteiger partial charge in [-0.1, -0.05) is 0 Å². The number of aromatic amines is 2. The van der Waals surface area contributed by atoms with Crippen LogP contribution in [0.2, 0.25) is 0 Å². The first-order chi connectivity index (χ1) is 11.2. The number of halogens is 1. The van der Waals surface area contributed by atoms with Crippen LogP contribution in [0.1, 0.15) is 5.69 Å². The van der Waals surface area contributed by atoms with Crippen LogP contribution >= 0.6 is 11.3 Å². The molecular formula is C15H11FN6S. The Bertz CT molecular complexity index is 939. The standard InChI is InChI=1S/C15H11FN6S/c1-8-12(13(21-20-8)9-2-4-10(16)5-3-9)15-19-11(6-23-15)14-17-7-18-22-14/h2-7H,1H3,(H,20,21)(H,17,18,22). The molecule has 0 saturated carbocycles. The number of hydrogen-bond acceptors (Lipinski definition) is 5. The number of rotatable bonds is 3. The van der Waals surface area contributed by atoms with E-state index in [0.29, 0.717) is 5.82 Å². The highest BCUT2D eigenvalue weighted by atomic mass is 32.1. The second-order valence-electron chi connectivity index (χ2n) is 4.95. The predicted molar refractivity (Wildman–Crippen MR) is 85.2 cm³/mol. The SMILES string of the molecule is Cc1[nH]nc(-c2ccc(F)cc2)c1-c1nc(-c2ncn[nH]2)cs1. The Morgan fingerprint density at radius 1 is 1.13 bits per heavy atom. The minimum Gasteiger partial charge on any atom is -0.281 e. The first-order valence-electron chi connectivity index (χ1n) is 6.85. The number of hydrogen-bond donors (Lipinski definition) is 2. The Balaban J connectivity index is 1.80. The van der Waals surface area contributed by atoms with Gasteiger partial charge in [-0.15, -0.1) is 11.3 Å². The van der Waals surface area contributed by atoms with Crippen LogP contribution in [0.4, 0.5) is 4.39 Å². The molecule has 0 saturated heterocycles. The van der Waals surface area contributed by atoms with Gasteiger partial charge in [0.15, 0.2) is 5.82 Å². The van der Waals surface area contributed by atoms with Gasteiger partial charge in [0.2, 0.25) is 0 Å². The second kappa shape index (κ2) is 5.40. The van der Waals surface area contributed by atoms with E-state index >= 15 is 0 Å². The van der Waals surface area contributed by atoms with Gasteiger partial charge in [0.25, 0.3) is 0 Å². The molecule has 0 atom stereocenters. The molecule has 6 nitrogen and oxygen atoms in total. The number of thiazole rings is 1. The topological polar surface area (TPSA) is 83.1 Å². The van der Waals surface area contributed by atoms with Crippen molar-refractivity contribution in [1.29, 1.82) is 0 Å². The largest absolute Gasteiger partial charge is 0.281 e. The fourth-order valence-corrected chi connectivity index (χ4v) is 3.24. The van der Waals surface area contributed by atoms with E-state index in [4.69, 9.17) is 0 Å². The molecule has 0 aliphatic heterocycles. The van der Waals surface area contributed by atoms with Crippen molar-refractivity contribution < 1.29 is 4.39 Å². The monoisotopic (exact) mass is 326 g/mol. The average Bonchev–Trinajstić information content (AvgIpc) is 3.27. The molecule has 0 fully saturated rings. The lowest BCUT2D eigenvalue weighted by molar-refractivity contribution is 0.628. The van der Waals surface area contributed by atoms with E-state index in [1.165, 1.54) is 29.8 Å². The third kappa shape index (κ3) is 2.42. The summed E-state index contributed by atoms with van der Waals surface area (Å²) >= 11 is 1.50. The van der Waals surface area contributed by atoms with Gasteiger partial charge in [-0.25, -0.2) is 14.4 Å². The maximum atomic E-state index is 13.1. The molecule has 0 bridgehead atoms. The van der Waals surface area contributed by atoms with E-state index in [1.807, 2.05) is 12.3 Å². The minimum atomic E-state index is -0.274. The van der Waals surface area contributed by atoms with Crippen LogP contribution in [0, 0.1) is 12.7 Å². The first kappa shape index (κ1) is 13.8. The molecule has 0 spiro atoms. The van der Waals surface area contributed by atoms with Crippen LogP contribution in [-0.2, 0) is 0 Å². The Hall–Kier alpha value is -2.87. The highest BCUT2D eigenvalue weighted by Crippen LogP contribution is 2.36. The molecule has 4 rings (SSSR count). The van der Waals surface area contributed by atoms with E-state index in [0.717, 1.165) is 33.2 Å². The molecule has 23 heavy (non-hydrogen) atoms. The van der Waals surface area contributed by atoms with E-state index in [2.05, 4.69) is 30.4 Å². The van der Waals surface area contributed by atoms with Gasteiger partial charge in [-0.2, -0.15) is 10.2 Å². The fraction of sp³-hybridized carbons (Fsp3) is 0.0667. The molecule has 0 aliphatic rings. The number of aryl methyl sites for hydroxylation is 1. The summed E-state index contributed by atoms with van der Waals surface area (Å²) in [5.41, 5.74) is 4.13. The van der Waals surface area contributed by atoms with Gasteiger partial charge in [0.1, 0.15) is 28.5 Å². The molecule has 1 aromatic carbocycles. The average molecular weight is 326 g/mol. The van der Waals surface area contributed by atoms with Crippen molar-refractivity contribution in [3.8, 4) is 33.3 Å². The highest BCUT2D eigenvalue weighted by molar-refractivity contribution is 7.13. The smallest absolute Gasteiger partial charge is 0.174 e. The number of aromatic nitrogens is 6. The van der Waals surface area contributed by atoms with E-state index in [9.17, 15) is 4.39 Å². The molecule has 2 N–H and O–H groups in total. The summed E-state index contributed by atoms with van der Waals surface area (Å²) in [7, 11) is 0. The van der Waals surface area contributed by atoms with Crippen molar-refractivity contribution in [1.82, 2.24) is 30.4 Å². The maximum absolute atomic E-state index is 13.1. The summed E-state index contributed by atoms with van der Waals surface area (Å²) in [4.78, 5) is 8.72. The zero-order valence-electron chi connectivity index (χ0n) is 12.0. The number of nitrogens with one attached hydrogen (secondary N) is 2. The fourth-order valence-electron chi connectivity index (χ4n) is 2.33. The van der Waals surface area contributed by atoms with Gasteiger partial charge in [0, 0.05) is 16.6 Å². The van der Waals surface area contributed by atoms with Crippen molar-refractivity contribution >= 4 is 11.3 Å². The lowest BCUT2D eigenvalue weighted by atomic mass is 10.1. The molecule has 0 unspecified atom stereocenters. The van der Waals surface area contributed by atoms with Crippen LogP contribution in [0.3, 0.4) is 0 Å². The van der Waals surface area contributed by atoms with Gasteiger partial charge in [-0.3, -0.25) is 10.2 Å². The van der Waals surface area contributed by atoms with Crippen LogP contribution in [0.5, 0.6) is 0 Å². The highest BCUT2D eigenvalue weighted by Gasteiger charge is 2.18. The Morgan fingerprint density at radius 2 is 1.96 bits per heavy atom. The van der Waals surface area contributed by atoms with E-state index in [-0.39, 0.29) is 5.82 Å². The minimum absolute atomic E-state index is 0.274. The first-order valence-corrected chi connectivity index (χ1v) is 7.73. The lowest BCUT2D eigenvalue weighted by Crippen LogP contribution is -1.86. The number of benzene rings is 1. The summed E-state index contributed by atoms with van der Waals surface area (Å²) in [6.45, 7) is 1.94. The van der Waals surface area contributed by atoms with Crippen LogP contribution in [-0.4, -0.2) is 30.4 Å². The van der Waals surface area contributed by atoms with Gasteiger partial charge in [0.05, 0.1) is 5.56 Å². The Morgan fingerprint density at radius 3 is 2.70 bits per heavy atom. The van der Waals surface area contributed by atoms with Gasteiger partial charge < -0.3 is 0 Å². The van der Waals surface area contributed by atoms with Crippen molar-refractivity contribution in [2.45, 2.75) is 6.92 Å². The summed E-state index contributed by atoms with van der Waals surface area (Å²) < 4.78 is 13.1. The molecule has 3 aromatic heterocycles. The molecular weight excluding hydrogens is 315 g/mol. The number of H-pyrrole nitrogens is 2. The summed E-state index contributed by atoms with van der Waals surface area (Å²) in [6.07, 6.45) is 1.45. The molecule has 3 heterocycles. The van der Waals surface area contributed by atoms with Crippen LogP contribution in [0.25, 0.3) is 33.3 Å². The number of nitrogens with zero attached hydrogens (tertiary/aromatic N) is 4. The third-order valence-corrected chi connectivity index (χ3v) is 4.30. The summed E-state index contributed by atoms with van der Waals surface area (Å²) in [5.74, 6) is 0.349. The Labute approximate surface area is 134 Å². The zero-order chi connectivity index (χ0) is 15.8. The summed E-state index contributed by atoms with van der Waals surface area (Å²) in [6, 6.07) is 6.26. The van der Waals surface area contributed by atoms with Crippen molar-refractivity contribution in [3.63, 3.8) is 0 Å². The van der Waals surface area contributed by atoms with Crippen molar-refractivity contribution in [2.24, 2.45) is 0 Å². The molecule has 0 aliphatic carbocycles. The zero-order valence-corrected chi connectivity index (χ0v) is 12.9. The van der Waals surface area contributed by atoms with Crippen LogP contribution < -0.4 is 0 Å². The van der Waals surface area contributed by atoms with Crippen molar-refractivity contribution in [3.05, 3.63) is 47.5 Å². The molecule has 0 amide bonds. The predicted octanol–water partition coefficient (Wildman–Crippen LogP) is 3.43. The Kier molecular flexibility index (Phi) is 3.23. The van der Waals surface area contributed by atoms with Crippen LogP contribution in [0.15, 0.2) is 36.0 Å². The molecule has 4 aromatic rings. The van der Waals surface area contributed by atoms with E-state index in [1.54, 1.807) is 12.1 Å².